The van der Waals surface area contributed by atoms with Crippen LogP contribution in [0.3, 0.4) is 0 Å². The van der Waals surface area contributed by atoms with Gasteiger partial charge in [0.2, 0.25) is 0 Å². The van der Waals surface area contributed by atoms with Crippen LogP contribution in [0.5, 0.6) is 0 Å². The third-order valence-corrected chi connectivity index (χ3v) is 5.60. The van der Waals surface area contributed by atoms with Crippen molar-refractivity contribution in [3.8, 4) is 0 Å². The fourth-order valence-corrected chi connectivity index (χ4v) is 3.88. The lowest BCUT2D eigenvalue weighted by Gasteiger charge is -2.17. The van der Waals surface area contributed by atoms with E-state index in [9.17, 15) is 9.59 Å². The molecule has 0 radical (unpaired) electrons. The number of benzene rings is 3. The molecule has 0 spiro atoms. The van der Waals surface area contributed by atoms with E-state index in [1.165, 1.54) is 16.8 Å². The molecule has 0 saturated carbocycles. The molecular formula is C27H23N5O2. The van der Waals surface area contributed by atoms with E-state index in [0.29, 0.717) is 12.2 Å². The standard InChI is InChI=1S/C27H23N5O2/c33-25-16-15-23(31-32(25)18-20-11-5-2-6-12-20)27(34)30-24(17-19-9-3-1-4-10-19)26-28-21-13-7-8-14-22(21)29-26/h1-16,24H,17-18H2,(H,28,29)(H,30,34). The zero-order chi connectivity index (χ0) is 23.3. The molecule has 0 fully saturated rings. The number of H-pyrrole nitrogens is 1. The Morgan fingerprint density at radius 1 is 0.853 bits per heavy atom. The van der Waals surface area contributed by atoms with Gasteiger partial charge in [0, 0.05) is 6.07 Å². The van der Waals surface area contributed by atoms with Gasteiger partial charge in [-0.2, -0.15) is 5.10 Å². The van der Waals surface area contributed by atoms with Crippen LogP contribution in [0.4, 0.5) is 0 Å². The molecule has 5 aromatic rings. The van der Waals surface area contributed by atoms with E-state index in [2.05, 4.69) is 15.4 Å². The van der Waals surface area contributed by atoms with E-state index in [0.717, 1.165) is 22.2 Å². The van der Waals surface area contributed by atoms with Crippen LogP contribution in [-0.4, -0.2) is 25.7 Å². The SMILES string of the molecule is O=C(NC(Cc1ccccc1)c1nc2ccccc2[nH]1)c1ccc(=O)n(Cc2ccccc2)n1. The highest BCUT2D eigenvalue weighted by Gasteiger charge is 2.21. The molecule has 2 heterocycles. The van der Waals surface area contributed by atoms with Gasteiger partial charge in [-0.05, 0) is 35.7 Å². The van der Waals surface area contributed by atoms with Crippen LogP contribution in [0.15, 0.2) is 102 Å². The summed E-state index contributed by atoms with van der Waals surface area (Å²) >= 11 is 0. The maximum Gasteiger partial charge on any atom is 0.272 e. The molecular weight excluding hydrogens is 426 g/mol. The number of aromatic nitrogens is 4. The van der Waals surface area contributed by atoms with E-state index in [1.807, 2.05) is 84.9 Å². The molecule has 5 rings (SSSR count). The highest BCUT2D eigenvalue weighted by atomic mass is 16.2. The van der Waals surface area contributed by atoms with Crippen LogP contribution >= 0.6 is 0 Å². The largest absolute Gasteiger partial charge is 0.340 e. The zero-order valence-electron chi connectivity index (χ0n) is 18.4. The molecule has 1 atom stereocenters. The Labute approximate surface area is 196 Å². The average molecular weight is 450 g/mol. The van der Waals surface area contributed by atoms with Gasteiger partial charge in [0.15, 0.2) is 0 Å². The lowest BCUT2D eigenvalue weighted by atomic mass is 10.1. The Bertz CT molecular complexity index is 1440. The van der Waals surface area contributed by atoms with E-state index in [-0.39, 0.29) is 23.7 Å². The number of nitrogens with one attached hydrogen (secondary N) is 2. The average Bonchev–Trinajstić information content (AvgIpc) is 3.31. The van der Waals surface area contributed by atoms with E-state index >= 15 is 0 Å². The molecule has 1 unspecified atom stereocenters. The zero-order valence-corrected chi connectivity index (χ0v) is 18.4. The summed E-state index contributed by atoms with van der Waals surface area (Å²) in [5.74, 6) is 0.291. The summed E-state index contributed by atoms with van der Waals surface area (Å²) in [6.45, 7) is 0.289. The van der Waals surface area contributed by atoms with Gasteiger partial charge in [-0.3, -0.25) is 9.59 Å². The minimum absolute atomic E-state index is 0.171. The first kappa shape index (κ1) is 21.3. The van der Waals surface area contributed by atoms with E-state index in [1.54, 1.807) is 0 Å². The van der Waals surface area contributed by atoms with Crippen LogP contribution in [0.2, 0.25) is 0 Å². The molecule has 7 heteroatoms. The fraction of sp³-hybridized carbons (Fsp3) is 0.111. The molecule has 0 aliphatic heterocycles. The Hall–Kier alpha value is -4.52. The number of amides is 1. The summed E-state index contributed by atoms with van der Waals surface area (Å²) in [5.41, 5.74) is 3.64. The molecule has 0 saturated heterocycles. The third kappa shape index (κ3) is 4.78. The molecule has 2 aromatic heterocycles. The number of para-hydroxylation sites is 2. The topological polar surface area (TPSA) is 92.7 Å². The van der Waals surface area contributed by atoms with Crippen LogP contribution in [0.25, 0.3) is 11.0 Å². The second-order valence-corrected chi connectivity index (χ2v) is 8.06. The highest BCUT2D eigenvalue weighted by molar-refractivity contribution is 5.92. The number of carbonyl (C=O) groups is 1. The van der Waals surface area contributed by atoms with Crippen LogP contribution < -0.4 is 10.9 Å². The summed E-state index contributed by atoms with van der Waals surface area (Å²) in [4.78, 5) is 33.6. The minimum Gasteiger partial charge on any atom is -0.340 e. The number of hydrogen-bond acceptors (Lipinski definition) is 4. The van der Waals surface area contributed by atoms with Crippen molar-refractivity contribution in [2.24, 2.45) is 0 Å². The quantitative estimate of drug-likeness (QED) is 0.394. The van der Waals surface area contributed by atoms with Gasteiger partial charge >= 0.3 is 0 Å². The fourth-order valence-electron chi connectivity index (χ4n) is 3.88. The maximum atomic E-state index is 13.2. The second kappa shape index (κ2) is 9.54. The molecule has 2 N–H and O–H groups in total. The molecule has 168 valence electrons. The molecule has 1 amide bonds. The summed E-state index contributed by atoms with van der Waals surface area (Å²) in [6.07, 6.45) is 0.552. The first-order chi connectivity index (χ1) is 16.7. The van der Waals surface area contributed by atoms with Gasteiger partial charge in [-0.25, -0.2) is 9.67 Å². The van der Waals surface area contributed by atoms with Crippen molar-refractivity contribution in [1.82, 2.24) is 25.1 Å². The van der Waals surface area contributed by atoms with Crippen molar-refractivity contribution >= 4 is 16.9 Å². The highest BCUT2D eigenvalue weighted by Crippen LogP contribution is 2.20. The van der Waals surface area contributed by atoms with Gasteiger partial charge in [0.05, 0.1) is 23.6 Å². The van der Waals surface area contributed by atoms with E-state index in [4.69, 9.17) is 4.98 Å². The summed E-state index contributed by atoms with van der Waals surface area (Å²) in [7, 11) is 0. The van der Waals surface area contributed by atoms with Gasteiger partial charge in [-0.15, -0.1) is 0 Å². The van der Waals surface area contributed by atoms with Gasteiger partial charge < -0.3 is 10.3 Å². The first-order valence-electron chi connectivity index (χ1n) is 11.1. The number of nitrogens with zero attached hydrogens (tertiary/aromatic N) is 3. The molecule has 7 nitrogen and oxygen atoms in total. The van der Waals surface area contributed by atoms with Crippen molar-refractivity contribution in [3.63, 3.8) is 0 Å². The van der Waals surface area contributed by atoms with Crippen LogP contribution in [-0.2, 0) is 13.0 Å². The molecule has 0 aliphatic carbocycles. The third-order valence-electron chi connectivity index (χ3n) is 5.60. The van der Waals surface area contributed by atoms with E-state index < -0.39 is 6.04 Å². The van der Waals surface area contributed by atoms with Crippen LogP contribution in [0, 0.1) is 0 Å². The lowest BCUT2D eigenvalue weighted by Crippen LogP contribution is -2.33. The predicted octanol–water partition coefficient (Wildman–Crippen LogP) is 3.88. The molecule has 34 heavy (non-hydrogen) atoms. The smallest absolute Gasteiger partial charge is 0.272 e. The number of carbonyl (C=O) groups excluding carboxylic acids is 1. The minimum atomic E-state index is -0.404. The van der Waals surface area contributed by atoms with Crippen molar-refractivity contribution in [1.29, 1.82) is 0 Å². The first-order valence-corrected chi connectivity index (χ1v) is 11.1. The molecule has 3 aromatic carbocycles. The van der Waals surface area contributed by atoms with Gasteiger partial charge in [0.25, 0.3) is 11.5 Å². The van der Waals surface area contributed by atoms with Crippen molar-refractivity contribution < 1.29 is 4.79 Å². The Morgan fingerprint density at radius 3 is 2.26 bits per heavy atom. The van der Waals surface area contributed by atoms with Crippen molar-refractivity contribution in [2.45, 2.75) is 19.0 Å². The Kier molecular flexibility index (Phi) is 5.99. The number of imidazole rings is 1. The predicted molar refractivity (Wildman–Crippen MR) is 130 cm³/mol. The Balaban J connectivity index is 1.43. The normalized spacial score (nSPS) is 11.9. The number of aromatic amines is 1. The van der Waals surface area contributed by atoms with Crippen LogP contribution in [0.1, 0.15) is 33.5 Å². The second-order valence-electron chi connectivity index (χ2n) is 8.06. The monoisotopic (exact) mass is 449 g/mol. The Morgan fingerprint density at radius 2 is 1.53 bits per heavy atom. The van der Waals surface area contributed by atoms with Crippen molar-refractivity contribution in [2.75, 3.05) is 0 Å². The number of rotatable bonds is 7. The molecule has 0 aliphatic rings. The lowest BCUT2D eigenvalue weighted by molar-refractivity contribution is 0.0927. The maximum absolute atomic E-state index is 13.2. The summed E-state index contributed by atoms with van der Waals surface area (Å²) < 4.78 is 1.30. The summed E-state index contributed by atoms with van der Waals surface area (Å²) in [6, 6.07) is 29.6. The summed E-state index contributed by atoms with van der Waals surface area (Å²) in [5, 5.41) is 7.38. The number of fused-ring (bicyclic) bond motifs is 1. The molecule has 0 bridgehead atoms. The number of hydrogen-bond donors (Lipinski definition) is 2. The van der Waals surface area contributed by atoms with Crippen molar-refractivity contribution in [3.05, 3.63) is 130 Å². The van der Waals surface area contributed by atoms with Gasteiger partial charge in [-0.1, -0.05) is 72.8 Å². The van der Waals surface area contributed by atoms with Gasteiger partial charge in [0.1, 0.15) is 11.5 Å².